The molecule has 0 fully saturated rings. The summed E-state index contributed by atoms with van der Waals surface area (Å²) in [5, 5.41) is 6.80. The Morgan fingerprint density at radius 2 is 2.00 bits per heavy atom. The van der Waals surface area contributed by atoms with Gasteiger partial charge in [0.1, 0.15) is 12.0 Å². The summed E-state index contributed by atoms with van der Waals surface area (Å²) < 4.78 is 32.0. The number of aromatic nitrogens is 3. The minimum atomic E-state index is -1.29. The molecule has 2 aromatic heterocycles. The summed E-state index contributed by atoms with van der Waals surface area (Å²) in [5.41, 5.74) is 2.26. The minimum absolute atomic E-state index is 0.225. The quantitative estimate of drug-likeness (QED) is 0.759. The summed E-state index contributed by atoms with van der Waals surface area (Å²) >= 11 is 0. The van der Waals surface area contributed by atoms with Gasteiger partial charge < -0.3 is 9.84 Å². The molecular weight excluding hydrogens is 314 g/mol. The molecule has 24 heavy (non-hydrogen) atoms. The highest BCUT2D eigenvalue weighted by Crippen LogP contribution is 2.29. The molecule has 1 N–H and O–H groups in total. The lowest BCUT2D eigenvalue weighted by molar-refractivity contribution is 0.364. The molecule has 0 saturated carbocycles. The average molecular weight is 330 g/mol. The fourth-order valence-corrected chi connectivity index (χ4v) is 2.25. The molecule has 0 amide bonds. The Balaban J connectivity index is 1.82. The number of benzene rings is 1. The number of nitrogens with one attached hydrogen (secondary N) is 1. The van der Waals surface area contributed by atoms with E-state index in [1.165, 1.54) is 25.3 Å². The van der Waals surface area contributed by atoms with Crippen LogP contribution >= 0.6 is 0 Å². The van der Waals surface area contributed by atoms with Crippen molar-refractivity contribution in [3.05, 3.63) is 59.3 Å². The predicted molar refractivity (Wildman–Crippen MR) is 85.5 cm³/mol. The number of halogens is 2. The van der Waals surface area contributed by atoms with E-state index in [9.17, 15) is 8.78 Å². The molecule has 0 aliphatic carbocycles. The van der Waals surface area contributed by atoms with Crippen LogP contribution in [-0.4, -0.2) is 15.1 Å². The average Bonchev–Trinajstić information content (AvgIpc) is 3.00. The first-order chi connectivity index (χ1) is 11.5. The van der Waals surface area contributed by atoms with E-state index in [4.69, 9.17) is 4.52 Å². The number of anilines is 1. The second-order valence-corrected chi connectivity index (χ2v) is 5.42. The van der Waals surface area contributed by atoms with Crippen LogP contribution in [0.15, 0.2) is 41.1 Å². The highest BCUT2D eigenvalue weighted by atomic mass is 19.1. The molecule has 0 spiro atoms. The van der Waals surface area contributed by atoms with E-state index >= 15 is 0 Å². The molecule has 0 aliphatic rings. The molecule has 2 heterocycles. The Hall–Kier alpha value is -2.83. The summed E-state index contributed by atoms with van der Waals surface area (Å²) in [6.45, 7) is 3.59. The van der Waals surface area contributed by atoms with E-state index < -0.39 is 6.17 Å². The molecule has 7 heteroatoms. The Labute approximate surface area is 137 Å². The first-order valence-electron chi connectivity index (χ1n) is 7.46. The van der Waals surface area contributed by atoms with Gasteiger partial charge in [0.15, 0.2) is 5.76 Å². The lowest BCUT2D eigenvalue weighted by atomic mass is 10.1. The van der Waals surface area contributed by atoms with Crippen molar-refractivity contribution in [3.63, 3.8) is 0 Å². The summed E-state index contributed by atoms with van der Waals surface area (Å²) in [7, 11) is 0. The van der Waals surface area contributed by atoms with Crippen LogP contribution in [0.2, 0.25) is 0 Å². The monoisotopic (exact) mass is 330 g/mol. The van der Waals surface area contributed by atoms with Gasteiger partial charge in [-0.2, -0.15) is 0 Å². The molecule has 3 aromatic rings. The minimum Gasteiger partial charge on any atom is -0.356 e. The highest BCUT2D eigenvalue weighted by Gasteiger charge is 2.18. The first kappa shape index (κ1) is 16.0. The molecule has 1 atom stereocenters. The van der Waals surface area contributed by atoms with Gasteiger partial charge in [-0.05, 0) is 31.5 Å². The van der Waals surface area contributed by atoms with Crippen molar-refractivity contribution in [2.45, 2.75) is 26.6 Å². The van der Waals surface area contributed by atoms with E-state index in [-0.39, 0.29) is 11.5 Å². The zero-order chi connectivity index (χ0) is 17.1. The van der Waals surface area contributed by atoms with Gasteiger partial charge in [-0.3, -0.25) is 0 Å². The molecule has 1 unspecified atom stereocenters. The Morgan fingerprint density at radius 3 is 2.62 bits per heavy atom. The number of hydrogen-bond acceptors (Lipinski definition) is 5. The van der Waals surface area contributed by atoms with Gasteiger partial charge in [0.2, 0.25) is 5.95 Å². The zero-order valence-corrected chi connectivity index (χ0v) is 13.3. The second kappa shape index (κ2) is 6.74. The predicted octanol–water partition coefficient (Wildman–Crippen LogP) is 4.22. The van der Waals surface area contributed by atoms with Crippen LogP contribution in [0.5, 0.6) is 0 Å². The number of hydrogen-bond donors (Lipinski definition) is 1. The van der Waals surface area contributed by atoms with E-state index in [0.717, 1.165) is 5.56 Å². The van der Waals surface area contributed by atoms with Gasteiger partial charge >= 0.3 is 0 Å². The maximum atomic E-state index is 14.0. The Bertz CT molecular complexity index is 831. The third-order valence-electron chi connectivity index (χ3n) is 3.45. The van der Waals surface area contributed by atoms with E-state index in [0.29, 0.717) is 29.5 Å². The fourth-order valence-electron chi connectivity index (χ4n) is 2.25. The van der Waals surface area contributed by atoms with E-state index in [1.807, 2.05) is 0 Å². The Morgan fingerprint density at radius 1 is 1.25 bits per heavy atom. The van der Waals surface area contributed by atoms with Crippen molar-refractivity contribution in [3.8, 4) is 11.3 Å². The van der Waals surface area contributed by atoms with Crippen molar-refractivity contribution in [1.29, 1.82) is 0 Å². The molecule has 0 radical (unpaired) electrons. The fraction of sp³-hybridized carbons (Fsp3) is 0.235. The standard InChI is InChI=1S/C17H16F2N4O/c1-10-7-15(24-23-10)14-9-21-17(22-16(14)11(2)18)20-8-12-3-5-13(19)6-4-12/h3-7,9,11H,8H2,1-2H3,(H,20,21,22). The summed E-state index contributed by atoms with van der Waals surface area (Å²) in [6, 6.07) is 7.78. The van der Waals surface area contributed by atoms with Crippen LogP contribution in [0.1, 0.15) is 30.0 Å². The largest absolute Gasteiger partial charge is 0.356 e. The van der Waals surface area contributed by atoms with Crippen LogP contribution in [-0.2, 0) is 6.54 Å². The zero-order valence-electron chi connectivity index (χ0n) is 13.3. The highest BCUT2D eigenvalue weighted by molar-refractivity contribution is 5.60. The van der Waals surface area contributed by atoms with Crippen molar-refractivity contribution in [2.75, 3.05) is 5.32 Å². The van der Waals surface area contributed by atoms with Crippen LogP contribution < -0.4 is 5.32 Å². The van der Waals surface area contributed by atoms with Crippen molar-refractivity contribution >= 4 is 5.95 Å². The van der Waals surface area contributed by atoms with Gasteiger partial charge in [-0.25, -0.2) is 18.7 Å². The van der Waals surface area contributed by atoms with Gasteiger partial charge in [0, 0.05) is 18.8 Å². The number of aryl methyl sites for hydroxylation is 1. The summed E-state index contributed by atoms with van der Waals surface area (Å²) in [6.07, 6.45) is 0.213. The van der Waals surface area contributed by atoms with Crippen LogP contribution in [0, 0.1) is 12.7 Å². The van der Waals surface area contributed by atoms with Crippen molar-refractivity contribution in [1.82, 2.24) is 15.1 Å². The van der Waals surface area contributed by atoms with Gasteiger partial charge in [0.05, 0.1) is 17.0 Å². The summed E-state index contributed by atoms with van der Waals surface area (Å²) in [4.78, 5) is 8.42. The maximum absolute atomic E-state index is 14.0. The van der Waals surface area contributed by atoms with Gasteiger partial charge in [0.25, 0.3) is 0 Å². The van der Waals surface area contributed by atoms with Gasteiger partial charge in [-0.15, -0.1) is 0 Å². The lowest BCUT2D eigenvalue weighted by Gasteiger charge is -2.10. The third-order valence-corrected chi connectivity index (χ3v) is 3.45. The van der Waals surface area contributed by atoms with E-state index in [2.05, 4.69) is 20.4 Å². The van der Waals surface area contributed by atoms with Crippen molar-refractivity contribution < 1.29 is 13.3 Å². The number of rotatable bonds is 5. The van der Waals surface area contributed by atoms with Crippen LogP contribution in [0.3, 0.4) is 0 Å². The topological polar surface area (TPSA) is 63.8 Å². The molecule has 3 rings (SSSR count). The smallest absolute Gasteiger partial charge is 0.223 e. The molecular formula is C17H16F2N4O. The van der Waals surface area contributed by atoms with E-state index in [1.54, 1.807) is 25.1 Å². The molecule has 0 bridgehead atoms. The van der Waals surface area contributed by atoms with Crippen LogP contribution in [0.4, 0.5) is 14.7 Å². The molecule has 1 aromatic carbocycles. The Kier molecular flexibility index (Phi) is 4.50. The maximum Gasteiger partial charge on any atom is 0.223 e. The second-order valence-electron chi connectivity index (χ2n) is 5.42. The van der Waals surface area contributed by atoms with Crippen LogP contribution in [0.25, 0.3) is 11.3 Å². The first-order valence-corrected chi connectivity index (χ1v) is 7.46. The molecule has 124 valence electrons. The third kappa shape index (κ3) is 3.56. The number of alkyl halides is 1. The summed E-state index contributed by atoms with van der Waals surface area (Å²) in [5.74, 6) is 0.422. The molecule has 0 aliphatic heterocycles. The molecule has 0 saturated heterocycles. The molecule has 5 nitrogen and oxygen atoms in total. The normalized spacial score (nSPS) is 12.2. The number of nitrogens with zero attached hydrogens (tertiary/aromatic N) is 3. The lowest BCUT2D eigenvalue weighted by Crippen LogP contribution is -2.07. The van der Waals surface area contributed by atoms with Crippen molar-refractivity contribution in [2.24, 2.45) is 0 Å². The van der Waals surface area contributed by atoms with Gasteiger partial charge in [-0.1, -0.05) is 17.3 Å². The SMILES string of the molecule is Cc1cc(-c2cnc(NCc3ccc(F)cc3)nc2C(C)F)on1.